The molecule has 0 aliphatic carbocycles. The van der Waals surface area contributed by atoms with Gasteiger partial charge in [-0.3, -0.25) is 9.09 Å². The number of fused-ring (bicyclic) bond motifs is 1. The Hall–Kier alpha value is -2.25. The monoisotopic (exact) mass is 462 g/mol. The molecule has 14 heteroatoms. The van der Waals surface area contributed by atoms with Gasteiger partial charge in [-0.15, -0.1) is 9.05 Å². The van der Waals surface area contributed by atoms with E-state index in [1.165, 1.54) is 12.1 Å². The Morgan fingerprint density at radius 1 is 1.35 bits per heavy atom. The molecule has 0 bridgehead atoms. The van der Waals surface area contributed by atoms with Gasteiger partial charge in [0.1, 0.15) is 31.2 Å². The summed E-state index contributed by atoms with van der Waals surface area (Å²) in [4.78, 5) is 26.0. The fourth-order valence-electron chi connectivity index (χ4n) is 3.27. The van der Waals surface area contributed by atoms with E-state index in [1.54, 1.807) is 18.2 Å². The molecule has 1 aromatic carbocycles. The van der Waals surface area contributed by atoms with Gasteiger partial charge in [-0.25, -0.2) is 13.6 Å². The largest absolute Gasteiger partial charge is 0.619 e. The molecule has 11 nitrogen and oxygen atoms in total. The molecule has 0 amide bonds. The number of alkyl halides is 2. The van der Waals surface area contributed by atoms with Crippen molar-refractivity contribution in [3.8, 4) is 5.75 Å². The van der Waals surface area contributed by atoms with Crippen molar-refractivity contribution >= 4 is 14.0 Å². The fraction of sp³-hybridized carbons (Fsp3) is 0.412. The minimum absolute atomic E-state index is 0.0940. The third-order valence-corrected chi connectivity index (χ3v) is 6.31. The molecule has 5 atom stereocenters. The Balaban J connectivity index is 1.57. The zero-order valence-corrected chi connectivity index (χ0v) is 16.6. The van der Waals surface area contributed by atoms with Gasteiger partial charge < -0.3 is 20.7 Å². The van der Waals surface area contributed by atoms with E-state index < -0.39 is 50.9 Å². The zero-order valence-electron chi connectivity index (χ0n) is 15.7. The van der Waals surface area contributed by atoms with E-state index in [0.717, 1.165) is 6.20 Å². The highest BCUT2D eigenvalue weighted by molar-refractivity contribution is 7.55. The van der Waals surface area contributed by atoms with Crippen LogP contribution < -0.4 is 15.9 Å². The summed E-state index contributed by atoms with van der Waals surface area (Å²) >= 11 is 0. The van der Waals surface area contributed by atoms with Crippen molar-refractivity contribution in [1.29, 1.82) is 0 Å². The van der Waals surface area contributed by atoms with Crippen LogP contribution in [0.2, 0.25) is 0 Å². The number of nitrogen functional groups attached to an aromatic ring is 1. The summed E-state index contributed by atoms with van der Waals surface area (Å²) in [5, 5.41) is 20.7. The molecule has 0 spiro atoms. The number of halogens is 2. The van der Waals surface area contributed by atoms with E-state index >= 15 is 0 Å². The third-order valence-electron chi connectivity index (χ3n) is 4.97. The molecular formula is C17H19F2N3O8P+. The second kappa shape index (κ2) is 8.02. The van der Waals surface area contributed by atoms with Crippen molar-refractivity contribution in [3.63, 3.8) is 0 Å². The van der Waals surface area contributed by atoms with Gasteiger partial charge in [0.15, 0.2) is 17.6 Å². The van der Waals surface area contributed by atoms with Crippen LogP contribution in [0.15, 0.2) is 41.3 Å². The Bertz CT molecular complexity index is 1030. The van der Waals surface area contributed by atoms with Crippen LogP contribution in [-0.4, -0.2) is 55.5 Å². The molecular weight excluding hydrogens is 443 g/mol. The van der Waals surface area contributed by atoms with Gasteiger partial charge >= 0.3 is 13.9 Å². The van der Waals surface area contributed by atoms with Crippen LogP contribution in [-0.2, 0) is 20.4 Å². The molecule has 31 heavy (non-hydrogen) atoms. The second-order valence-electron chi connectivity index (χ2n) is 6.96. The topological polar surface area (TPSA) is 159 Å². The van der Waals surface area contributed by atoms with Crippen molar-refractivity contribution < 1.29 is 42.2 Å². The van der Waals surface area contributed by atoms with Crippen molar-refractivity contribution in [1.82, 2.24) is 9.55 Å². The van der Waals surface area contributed by atoms with E-state index in [0.29, 0.717) is 10.1 Å². The first kappa shape index (κ1) is 22.0. The first-order valence-electron chi connectivity index (χ1n) is 9.00. The molecule has 0 radical (unpaired) electrons. The number of rotatable bonds is 5. The highest BCUT2D eigenvalue weighted by Gasteiger charge is 2.64. The summed E-state index contributed by atoms with van der Waals surface area (Å²) in [6.45, 7) is -1.20. The number of anilines is 1. The van der Waals surface area contributed by atoms with Gasteiger partial charge in [-0.1, -0.05) is 18.2 Å². The van der Waals surface area contributed by atoms with Crippen molar-refractivity contribution in [2.24, 2.45) is 0 Å². The summed E-state index contributed by atoms with van der Waals surface area (Å²) in [7, 11) is -4.09. The van der Waals surface area contributed by atoms with Crippen LogP contribution in [0.25, 0.3) is 0 Å². The van der Waals surface area contributed by atoms with Gasteiger partial charge in [0.05, 0.1) is 0 Å². The second-order valence-corrected chi connectivity index (χ2v) is 8.59. The van der Waals surface area contributed by atoms with Crippen molar-refractivity contribution in [2.75, 3.05) is 12.3 Å². The van der Waals surface area contributed by atoms with Gasteiger partial charge in [0, 0.05) is 11.8 Å². The maximum absolute atomic E-state index is 14.0. The average Bonchev–Trinajstić information content (AvgIpc) is 2.98. The maximum Gasteiger partial charge on any atom is 0.619 e. The number of para-hydroxylation sites is 1. The molecule has 168 valence electrons. The predicted molar refractivity (Wildman–Crippen MR) is 101 cm³/mol. The molecule has 2 aromatic rings. The van der Waals surface area contributed by atoms with E-state index in [9.17, 15) is 28.7 Å². The number of benzene rings is 1. The van der Waals surface area contributed by atoms with Crippen LogP contribution in [0.5, 0.6) is 5.75 Å². The number of nitrogens with two attached hydrogens (primary N) is 1. The SMILES string of the molecule is Nc1ccn([C@@H]2O[C@@](CO[P+]3(O)OCc4ccccc4O3)(C(F)F)[C@@H](O)[C@H]2O)c(=O)n1. The highest BCUT2D eigenvalue weighted by atomic mass is 31.2. The molecule has 1 unspecified atom stereocenters. The number of aliphatic hydroxyl groups is 2. The van der Waals surface area contributed by atoms with E-state index in [1.807, 2.05) is 0 Å². The van der Waals surface area contributed by atoms with Gasteiger partial charge in [-0.05, 0) is 12.1 Å². The van der Waals surface area contributed by atoms with E-state index in [2.05, 4.69) is 4.98 Å². The number of aromatic nitrogens is 2. The maximum atomic E-state index is 14.0. The van der Waals surface area contributed by atoms with Crippen LogP contribution >= 0.6 is 8.17 Å². The van der Waals surface area contributed by atoms with Crippen LogP contribution in [0, 0.1) is 0 Å². The number of aliphatic hydroxyl groups excluding tert-OH is 2. The number of hydrogen-bond donors (Lipinski definition) is 4. The molecule has 2 aliphatic rings. The molecule has 1 fully saturated rings. The molecule has 1 aromatic heterocycles. The van der Waals surface area contributed by atoms with Gasteiger partial charge in [0.25, 0.3) is 6.43 Å². The highest BCUT2D eigenvalue weighted by Crippen LogP contribution is 2.62. The minimum Gasteiger partial charge on any atom is -0.387 e. The summed E-state index contributed by atoms with van der Waals surface area (Å²) in [5.41, 5.74) is 2.23. The molecule has 2 aliphatic heterocycles. The summed E-state index contributed by atoms with van der Waals surface area (Å²) in [6, 6.07) is 7.77. The Morgan fingerprint density at radius 2 is 2.10 bits per heavy atom. The van der Waals surface area contributed by atoms with Gasteiger partial charge in [-0.2, -0.15) is 9.88 Å². The number of nitrogens with zero attached hydrogens (tertiary/aromatic N) is 2. The smallest absolute Gasteiger partial charge is 0.387 e. The summed E-state index contributed by atoms with van der Waals surface area (Å²) < 4.78 is 49.7. The van der Waals surface area contributed by atoms with Gasteiger partial charge in [0.2, 0.25) is 0 Å². The Kier molecular flexibility index (Phi) is 5.68. The first-order valence-corrected chi connectivity index (χ1v) is 10.5. The lowest BCUT2D eigenvalue weighted by atomic mass is 9.96. The van der Waals surface area contributed by atoms with Crippen molar-refractivity contribution in [3.05, 3.63) is 52.6 Å². The quantitative estimate of drug-likeness (QED) is 0.458. The van der Waals surface area contributed by atoms with E-state index in [-0.39, 0.29) is 18.2 Å². The van der Waals surface area contributed by atoms with E-state index in [4.69, 9.17) is 24.0 Å². The molecule has 3 heterocycles. The lowest BCUT2D eigenvalue weighted by Gasteiger charge is -2.31. The summed E-state index contributed by atoms with van der Waals surface area (Å²) in [5.74, 6) is 0.123. The molecule has 5 N–H and O–H groups in total. The van der Waals surface area contributed by atoms with Crippen LogP contribution in [0.1, 0.15) is 11.8 Å². The summed E-state index contributed by atoms with van der Waals surface area (Å²) in [6.07, 6.45) is -8.15. The van der Waals surface area contributed by atoms with Crippen LogP contribution in [0.4, 0.5) is 14.6 Å². The third kappa shape index (κ3) is 3.89. The normalized spacial score (nSPS) is 32.6. The molecule has 4 rings (SSSR count). The lowest BCUT2D eigenvalue weighted by molar-refractivity contribution is -0.195. The first-order chi connectivity index (χ1) is 14.7. The zero-order chi connectivity index (χ0) is 22.4. The Morgan fingerprint density at radius 3 is 2.81 bits per heavy atom. The van der Waals surface area contributed by atoms with Crippen molar-refractivity contribution in [2.45, 2.75) is 37.1 Å². The predicted octanol–water partition coefficient (Wildman–Crippen LogP) is 0.376. The molecule has 0 saturated carbocycles. The Labute approximate surface area is 174 Å². The van der Waals surface area contributed by atoms with Crippen LogP contribution in [0.3, 0.4) is 0 Å². The number of hydrogen-bond acceptors (Lipinski definition) is 10. The lowest BCUT2D eigenvalue weighted by Crippen LogP contribution is -2.52. The molecule has 1 saturated heterocycles. The standard InChI is InChI=1S/C17H18F2N3O8P/c18-15(19)17(8-28-31(26)27-7-9-3-1-2-4-10(9)30-31)13(24)12(23)14(29-17)22-6-5-11(20)21-16(22)25/h1-6,12-15,23-24,26H,7-8H2,(H-,20,21,25)/p+1/t12-,13+,14-,17-,31?/m1/s1. The average molecular weight is 462 g/mol. The fourth-order valence-corrected chi connectivity index (χ4v) is 4.55. The number of ether oxygens (including phenoxy) is 1. The minimum atomic E-state index is -4.09.